The predicted molar refractivity (Wildman–Crippen MR) is 90.4 cm³/mol. The molecule has 2 rings (SSSR count). The first kappa shape index (κ1) is 17.9. The molecule has 0 aliphatic carbocycles. The second kappa shape index (κ2) is 8.43. The van der Waals surface area contributed by atoms with Gasteiger partial charge in [0.1, 0.15) is 0 Å². The molecule has 1 aromatic carbocycles. The lowest BCUT2D eigenvalue weighted by Crippen LogP contribution is -2.50. The summed E-state index contributed by atoms with van der Waals surface area (Å²) in [4.78, 5) is 16.6. The molecule has 1 atom stereocenters. The molecule has 0 radical (unpaired) electrons. The summed E-state index contributed by atoms with van der Waals surface area (Å²) in [5.41, 5.74) is 1.80. The Bertz CT molecular complexity index is 491. The quantitative estimate of drug-likeness (QED) is 0.868. The Labute approximate surface area is 138 Å². The van der Waals surface area contributed by atoms with Gasteiger partial charge in [-0.3, -0.25) is 9.69 Å². The largest absolute Gasteiger partial charge is 0.392 e. The average molecular weight is 320 g/mol. The molecule has 5 heteroatoms. The second-order valence-electron chi connectivity index (χ2n) is 6.50. The Balaban J connectivity index is 1.86. The van der Waals surface area contributed by atoms with E-state index >= 15 is 0 Å². The average Bonchev–Trinajstić information content (AvgIpc) is 2.53. The van der Waals surface area contributed by atoms with Gasteiger partial charge in [0.05, 0.1) is 18.8 Å². The van der Waals surface area contributed by atoms with Crippen molar-refractivity contribution in [3.8, 4) is 0 Å². The molecule has 1 aliphatic rings. The van der Waals surface area contributed by atoms with Gasteiger partial charge >= 0.3 is 0 Å². The summed E-state index contributed by atoms with van der Waals surface area (Å²) in [7, 11) is 0. The summed E-state index contributed by atoms with van der Waals surface area (Å²) in [6.45, 7) is 10.1. The van der Waals surface area contributed by atoms with Crippen molar-refractivity contribution in [3.63, 3.8) is 0 Å². The van der Waals surface area contributed by atoms with Gasteiger partial charge in [0.2, 0.25) is 0 Å². The van der Waals surface area contributed by atoms with Gasteiger partial charge < -0.3 is 14.7 Å². The van der Waals surface area contributed by atoms with Crippen LogP contribution in [-0.2, 0) is 11.3 Å². The molecule has 1 saturated heterocycles. The van der Waals surface area contributed by atoms with Crippen LogP contribution in [0.2, 0.25) is 0 Å². The van der Waals surface area contributed by atoms with Crippen LogP contribution in [0.15, 0.2) is 24.3 Å². The van der Waals surface area contributed by atoms with Gasteiger partial charge in [-0.1, -0.05) is 12.1 Å². The normalized spacial score (nSPS) is 17.5. The summed E-state index contributed by atoms with van der Waals surface area (Å²) in [6, 6.07) is 7.67. The maximum absolute atomic E-state index is 12.5. The number of piperazine rings is 1. The molecule has 0 spiro atoms. The molecular weight excluding hydrogens is 292 g/mol. The Morgan fingerprint density at radius 2 is 1.74 bits per heavy atom. The number of aliphatic hydroxyl groups excluding tert-OH is 1. The summed E-state index contributed by atoms with van der Waals surface area (Å²) >= 11 is 0. The second-order valence-corrected chi connectivity index (χ2v) is 6.50. The van der Waals surface area contributed by atoms with Gasteiger partial charge in [-0.05, 0) is 38.5 Å². The van der Waals surface area contributed by atoms with Crippen molar-refractivity contribution in [2.75, 3.05) is 32.7 Å². The molecule has 1 amide bonds. The van der Waals surface area contributed by atoms with Gasteiger partial charge in [-0.2, -0.15) is 0 Å². The van der Waals surface area contributed by atoms with Crippen LogP contribution in [0.5, 0.6) is 0 Å². The zero-order chi connectivity index (χ0) is 16.8. The maximum Gasteiger partial charge on any atom is 0.253 e. The van der Waals surface area contributed by atoms with Crippen molar-refractivity contribution in [1.82, 2.24) is 9.80 Å². The van der Waals surface area contributed by atoms with Crippen LogP contribution in [-0.4, -0.2) is 65.7 Å². The highest BCUT2D eigenvalue weighted by molar-refractivity contribution is 5.94. The fraction of sp³-hybridized carbons (Fsp3) is 0.611. The zero-order valence-electron chi connectivity index (χ0n) is 14.4. The minimum Gasteiger partial charge on any atom is -0.392 e. The topological polar surface area (TPSA) is 53.0 Å². The number of hydrogen-bond acceptors (Lipinski definition) is 4. The van der Waals surface area contributed by atoms with Crippen molar-refractivity contribution in [3.05, 3.63) is 35.4 Å². The number of carbonyl (C=O) groups is 1. The number of β-amino-alcohol motifs (C(OH)–C–C–N with tert-alkyl or cyclic N) is 1. The number of ether oxygens (including phenoxy) is 1. The van der Waals surface area contributed by atoms with Crippen LogP contribution in [0, 0.1) is 0 Å². The molecule has 0 bridgehead atoms. The molecule has 0 aromatic heterocycles. The van der Waals surface area contributed by atoms with Crippen LogP contribution in [0.3, 0.4) is 0 Å². The highest BCUT2D eigenvalue weighted by Crippen LogP contribution is 2.12. The minimum atomic E-state index is -0.321. The third-order valence-electron chi connectivity index (χ3n) is 3.97. The van der Waals surface area contributed by atoms with Gasteiger partial charge in [-0.15, -0.1) is 0 Å². The number of carbonyl (C=O) groups excluding carboxylic acids is 1. The smallest absolute Gasteiger partial charge is 0.253 e. The molecular formula is C18H28N2O3. The van der Waals surface area contributed by atoms with Gasteiger partial charge in [0, 0.05) is 38.3 Å². The van der Waals surface area contributed by atoms with Gasteiger partial charge in [-0.25, -0.2) is 0 Å². The Morgan fingerprint density at radius 3 is 2.26 bits per heavy atom. The monoisotopic (exact) mass is 320 g/mol. The molecule has 0 saturated carbocycles. The number of rotatable bonds is 6. The van der Waals surface area contributed by atoms with Crippen molar-refractivity contribution in [2.45, 2.75) is 39.6 Å². The lowest BCUT2D eigenvalue weighted by molar-refractivity contribution is 0.0553. The molecule has 0 unspecified atom stereocenters. The molecule has 1 heterocycles. The van der Waals surface area contributed by atoms with E-state index in [1.54, 1.807) is 6.92 Å². The van der Waals surface area contributed by atoms with E-state index in [1.165, 1.54) is 0 Å². The van der Waals surface area contributed by atoms with Crippen molar-refractivity contribution in [2.24, 2.45) is 0 Å². The molecule has 1 aliphatic heterocycles. The van der Waals surface area contributed by atoms with E-state index in [1.807, 2.05) is 43.0 Å². The van der Waals surface area contributed by atoms with Crippen molar-refractivity contribution < 1.29 is 14.6 Å². The van der Waals surface area contributed by atoms with E-state index in [9.17, 15) is 9.90 Å². The zero-order valence-corrected chi connectivity index (χ0v) is 14.4. The van der Waals surface area contributed by atoms with E-state index in [0.29, 0.717) is 26.2 Å². The van der Waals surface area contributed by atoms with Crippen LogP contribution < -0.4 is 0 Å². The van der Waals surface area contributed by atoms with Crippen molar-refractivity contribution >= 4 is 5.91 Å². The fourth-order valence-corrected chi connectivity index (χ4v) is 2.70. The molecule has 128 valence electrons. The maximum atomic E-state index is 12.5. The standard InChI is InChI=1S/C18H28N2O3/c1-14(2)23-13-16-4-6-17(7-5-16)18(22)20-10-8-19(9-11-20)12-15(3)21/h4-7,14-15,21H,8-13H2,1-3H3/t15-/m1/s1. The number of amides is 1. The first-order chi connectivity index (χ1) is 11.0. The Kier molecular flexibility index (Phi) is 6.57. The summed E-state index contributed by atoms with van der Waals surface area (Å²) in [5.74, 6) is 0.0815. The lowest BCUT2D eigenvalue weighted by atomic mass is 10.1. The highest BCUT2D eigenvalue weighted by atomic mass is 16.5. The third kappa shape index (κ3) is 5.61. The summed E-state index contributed by atoms with van der Waals surface area (Å²) in [6.07, 6.45) is -0.118. The van der Waals surface area contributed by atoms with E-state index in [4.69, 9.17) is 4.74 Å². The van der Waals surface area contributed by atoms with Gasteiger partial charge in [0.25, 0.3) is 5.91 Å². The summed E-state index contributed by atoms with van der Waals surface area (Å²) < 4.78 is 5.57. The van der Waals surface area contributed by atoms with Crippen LogP contribution in [0.25, 0.3) is 0 Å². The number of nitrogens with zero attached hydrogens (tertiary/aromatic N) is 2. The molecule has 1 fully saturated rings. The molecule has 1 N–H and O–H groups in total. The van der Waals surface area contributed by atoms with Crippen molar-refractivity contribution in [1.29, 1.82) is 0 Å². The molecule has 5 nitrogen and oxygen atoms in total. The first-order valence-electron chi connectivity index (χ1n) is 8.36. The first-order valence-corrected chi connectivity index (χ1v) is 8.36. The highest BCUT2D eigenvalue weighted by Gasteiger charge is 2.22. The Morgan fingerprint density at radius 1 is 1.13 bits per heavy atom. The number of aliphatic hydroxyl groups is 1. The predicted octanol–water partition coefficient (Wildman–Crippen LogP) is 1.75. The number of benzene rings is 1. The number of hydrogen-bond donors (Lipinski definition) is 1. The summed E-state index contributed by atoms with van der Waals surface area (Å²) in [5, 5.41) is 9.43. The molecule has 23 heavy (non-hydrogen) atoms. The fourth-order valence-electron chi connectivity index (χ4n) is 2.70. The van der Waals surface area contributed by atoms with E-state index < -0.39 is 0 Å². The van der Waals surface area contributed by atoms with E-state index in [2.05, 4.69) is 4.90 Å². The van der Waals surface area contributed by atoms with Crippen LogP contribution >= 0.6 is 0 Å². The van der Waals surface area contributed by atoms with E-state index in [0.717, 1.165) is 24.2 Å². The SMILES string of the molecule is CC(C)OCc1ccc(C(=O)N2CCN(C[C@@H](C)O)CC2)cc1. The Hall–Kier alpha value is -1.43. The molecule has 1 aromatic rings. The van der Waals surface area contributed by atoms with Crippen LogP contribution in [0.4, 0.5) is 0 Å². The minimum absolute atomic E-state index is 0.0815. The third-order valence-corrected chi connectivity index (χ3v) is 3.97. The van der Waals surface area contributed by atoms with E-state index in [-0.39, 0.29) is 18.1 Å². The van der Waals surface area contributed by atoms with Crippen LogP contribution in [0.1, 0.15) is 36.7 Å². The van der Waals surface area contributed by atoms with Gasteiger partial charge in [0.15, 0.2) is 0 Å². The lowest BCUT2D eigenvalue weighted by Gasteiger charge is -2.35.